The molecule has 1 fully saturated rings. The maximum Gasteiger partial charge on any atom is 0.150 e. The molecular formula is C26H34ClN3O2. The Labute approximate surface area is 195 Å². The molecule has 0 saturated heterocycles. The molecule has 4 rings (SSSR count). The number of rotatable bonds is 8. The highest BCUT2D eigenvalue weighted by atomic mass is 35.5. The Morgan fingerprint density at radius 3 is 2.78 bits per heavy atom. The lowest BCUT2D eigenvalue weighted by Gasteiger charge is -2.38. The van der Waals surface area contributed by atoms with E-state index in [9.17, 15) is 9.90 Å². The first kappa shape index (κ1) is 23.3. The predicted molar refractivity (Wildman–Crippen MR) is 130 cm³/mol. The minimum Gasteiger partial charge on any atom is -0.396 e. The summed E-state index contributed by atoms with van der Waals surface area (Å²) in [5.41, 5.74) is 2.86. The van der Waals surface area contributed by atoms with Crippen molar-refractivity contribution >= 4 is 30.2 Å². The van der Waals surface area contributed by atoms with Crippen LogP contribution in [0.4, 0.5) is 0 Å². The van der Waals surface area contributed by atoms with Crippen molar-refractivity contribution in [2.24, 2.45) is 15.9 Å². The van der Waals surface area contributed by atoms with Crippen LogP contribution in [0.5, 0.6) is 0 Å². The van der Waals surface area contributed by atoms with Crippen molar-refractivity contribution in [1.82, 2.24) is 4.90 Å². The average Bonchev–Trinajstić information content (AvgIpc) is 2.84. The molecule has 1 aromatic rings. The smallest absolute Gasteiger partial charge is 0.150 e. The van der Waals surface area contributed by atoms with E-state index >= 15 is 0 Å². The lowest BCUT2D eigenvalue weighted by atomic mass is 9.86. The Kier molecular flexibility index (Phi) is 7.93. The van der Waals surface area contributed by atoms with E-state index < -0.39 is 0 Å². The number of carbonyl (C=O) groups excluding carboxylic acids is 1. The zero-order valence-electron chi connectivity index (χ0n) is 19.0. The van der Waals surface area contributed by atoms with Gasteiger partial charge in [-0.25, -0.2) is 4.99 Å². The molecule has 0 spiro atoms. The maximum atomic E-state index is 12.3. The van der Waals surface area contributed by atoms with Gasteiger partial charge in [0.05, 0.1) is 5.36 Å². The fraction of sp³-hybridized carbons (Fsp3) is 0.577. The van der Waals surface area contributed by atoms with Crippen molar-refractivity contribution in [3.8, 4) is 0 Å². The molecule has 0 radical (unpaired) electrons. The van der Waals surface area contributed by atoms with Crippen LogP contribution < -0.4 is 10.6 Å². The molecule has 2 atom stereocenters. The van der Waals surface area contributed by atoms with Crippen LogP contribution in [0.25, 0.3) is 6.08 Å². The highest BCUT2D eigenvalue weighted by Gasteiger charge is 2.29. The topological polar surface area (TPSA) is 65.3 Å². The normalized spacial score (nSPS) is 22.0. The number of carbonyl (C=O) groups is 1. The molecule has 1 aliphatic carbocycles. The van der Waals surface area contributed by atoms with Crippen LogP contribution in [0.15, 0.2) is 27.3 Å². The fourth-order valence-electron chi connectivity index (χ4n) is 5.55. The number of nitrogens with zero attached hydrogens (tertiary/aromatic N) is 3. The van der Waals surface area contributed by atoms with Gasteiger partial charge in [-0.3, -0.25) is 14.7 Å². The monoisotopic (exact) mass is 455 g/mol. The van der Waals surface area contributed by atoms with E-state index in [4.69, 9.17) is 16.6 Å². The number of aliphatic imine (C=N–C) groups is 1. The van der Waals surface area contributed by atoms with Gasteiger partial charge in [0.25, 0.3) is 0 Å². The standard InChI is InChI=1S/C26H34ClN3O2/c1-30(21-6-3-2-4-7-21)23(11-13-31)25-20(17-32)15-19(22-8-5-12-28-26(22)25)14-18-9-10-24(27)29-16-18/h8,10,15-18,21,23,31H,2-7,9,11-14H2,1H3. The maximum absolute atomic E-state index is 12.3. The summed E-state index contributed by atoms with van der Waals surface area (Å²) in [5.74, 6) is 0.264. The summed E-state index contributed by atoms with van der Waals surface area (Å²) in [5, 5.41) is 12.6. The Morgan fingerprint density at radius 1 is 1.28 bits per heavy atom. The molecule has 3 aliphatic rings. The molecule has 1 aromatic carbocycles. The van der Waals surface area contributed by atoms with Gasteiger partial charge in [-0.2, -0.15) is 0 Å². The van der Waals surface area contributed by atoms with Gasteiger partial charge in [0, 0.05) is 48.5 Å². The Hall–Kier alpha value is -1.82. The minimum absolute atomic E-state index is 0.0145. The Bertz CT molecular complexity index is 1010. The second kappa shape index (κ2) is 10.9. The van der Waals surface area contributed by atoms with Gasteiger partial charge < -0.3 is 5.11 Å². The first-order valence-corrected chi connectivity index (χ1v) is 12.4. The van der Waals surface area contributed by atoms with Crippen LogP contribution >= 0.6 is 11.6 Å². The van der Waals surface area contributed by atoms with E-state index in [1.54, 1.807) is 0 Å². The van der Waals surface area contributed by atoms with Gasteiger partial charge in [0.15, 0.2) is 0 Å². The summed E-state index contributed by atoms with van der Waals surface area (Å²) in [7, 11) is 2.16. The summed E-state index contributed by atoms with van der Waals surface area (Å²) >= 11 is 6.00. The highest BCUT2D eigenvalue weighted by Crippen LogP contribution is 2.31. The van der Waals surface area contributed by atoms with Crippen molar-refractivity contribution in [1.29, 1.82) is 0 Å². The molecule has 2 heterocycles. The number of aliphatic hydroxyl groups is 1. The quantitative estimate of drug-likeness (QED) is 0.480. The number of aliphatic hydroxyl groups excluding tert-OH is 1. The zero-order valence-corrected chi connectivity index (χ0v) is 19.7. The number of hydrogen-bond donors (Lipinski definition) is 1. The summed E-state index contributed by atoms with van der Waals surface area (Å²) in [6.07, 6.45) is 16.5. The molecule has 1 saturated carbocycles. The molecule has 2 aliphatic heterocycles. The summed E-state index contributed by atoms with van der Waals surface area (Å²) < 4.78 is 0. The third kappa shape index (κ3) is 5.05. The van der Waals surface area contributed by atoms with Crippen LogP contribution in [-0.2, 0) is 6.42 Å². The first-order valence-electron chi connectivity index (χ1n) is 12.0. The molecule has 0 bridgehead atoms. The van der Waals surface area contributed by atoms with Gasteiger partial charge in [-0.05, 0) is 68.5 Å². The van der Waals surface area contributed by atoms with E-state index in [-0.39, 0.29) is 18.6 Å². The first-order chi connectivity index (χ1) is 15.6. The predicted octanol–water partition coefficient (Wildman–Crippen LogP) is 3.70. The summed E-state index contributed by atoms with van der Waals surface area (Å²) in [4.78, 5) is 23.9. The molecule has 5 nitrogen and oxygen atoms in total. The fourth-order valence-corrected chi connectivity index (χ4v) is 5.70. The SMILES string of the molecule is CN(C1CCCCC1)C(CCO)c1c(C=O)cc(CC2C=NC(Cl)=CC2)c2c1=NCCC=2. The van der Waals surface area contributed by atoms with Crippen LogP contribution in [0.2, 0.25) is 0 Å². The van der Waals surface area contributed by atoms with Crippen LogP contribution in [0.1, 0.15) is 78.9 Å². The highest BCUT2D eigenvalue weighted by molar-refractivity contribution is 6.29. The molecule has 32 heavy (non-hydrogen) atoms. The lowest BCUT2D eigenvalue weighted by molar-refractivity contribution is 0.107. The molecule has 0 amide bonds. The van der Waals surface area contributed by atoms with E-state index in [1.807, 2.05) is 12.3 Å². The van der Waals surface area contributed by atoms with Gasteiger partial charge in [0.1, 0.15) is 11.4 Å². The number of allylic oxidation sites excluding steroid dienone is 1. The van der Waals surface area contributed by atoms with Crippen molar-refractivity contribution in [3.63, 3.8) is 0 Å². The van der Waals surface area contributed by atoms with E-state index in [1.165, 1.54) is 32.1 Å². The van der Waals surface area contributed by atoms with Crippen LogP contribution in [0, 0.1) is 5.92 Å². The third-order valence-corrected chi connectivity index (χ3v) is 7.48. The van der Waals surface area contributed by atoms with Gasteiger partial charge in [-0.15, -0.1) is 0 Å². The molecular weight excluding hydrogens is 422 g/mol. The lowest BCUT2D eigenvalue weighted by Crippen LogP contribution is -2.44. The second-order valence-corrected chi connectivity index (χ2v) is 9.67. The third-order valence-electron chi connectivity index (χ3n) is 7.23. The van der Waals surface area contributed by atoms with Crippen LogP contribution in [0.3, 0.4) is 0 Å². The average molecular weight is 456 g/mol. The number of hydrogen-bond acceptors (Lipinski definition) is 5. The van der Waals surface area contributed by atoms with Gasteiger partial charge in [-0.1, -0.05) is 36.9 Å². The number of aldehydes is 1. The van der Waals surface area contributed by atoms with E-state index in [0.717, 1.165) is 53.8 Å². The number of halogens is 1. The van der Waals surface area contributed by atoms with Gasteiger partial charge in [0.2, 0.25) is 0 Å². The largest absolute Gasteiger partial charge is 0.396 e. The summed E-state index contributed by atoms with van der Waals surface area (Å²) in [6.45, 7) is 0.829. The van der Waals surface area contributed by atoms with Crippen molar-refractivity contribution in [3.05, 3.63) is 44.6 Å². The van der Waals surface area contributed by atoms with Gasteiger partial charge >= 0.3 is 0 Å². The van der Waals surface area contributed by atoms with Crippen molar-refractivity contribution in [2.45, 2.75) is 69.9 Å². The summed E-state index contributed by atoms with van der Waals surface area (Å²) in [6, 6.07) is 2.53. The van der Waals surface area contributed by atoms with E-state index in [0.29, 0.717) is 23.2 Å². The number of benzene rings is 1. The molecule has 2 unspecified atom stereocenters. The number of fused-ring (bicyclic) bond motifs is 1. The van der Waals surface area contributed by atoms with Crippen molar-refractivity contribution < 1.29 is 9.90 Å². The Balaban J connectivity index is 1.76. The molecule has 1 N–H and O–H groups in total. The molecule has 172 valence electrons. The molecule has 6 heteroatoms. The van der Waals surface area contributed by atoms with Crippen LogP contribution in [-0.4, -0.2) is 48.7 Å². The van der Waals surface area contributed by atoms with Crippen molar-refractivity contribution in [2.75, 3.05) is 20.2 Å². The molecule has 0 aromatic heterocycles. The minimum atomic E-state index is -0.0145. The van der Waals surface area contributed by atoms with E-state index in [2.05, 4.69) is 29.1 Å². The zero-order chi connectivity index (χ0) is 22.5. The Morgan fingerprint density at radius 2 is 2.09 bits per heavy atom. The second-order valence-electron chi connectivity index (χ2n) is 9.28.